The van der Waals surface area contributed by atoms with Gasteiger partial charge in [0, 0.05) is 5.56 Å². The summed E-state index contributed by atoms with van der Waals surface area (Å²) in [4.78, 5) is 12.0. The molecule has 34 heavy (non-hydrogen) atoms. The molecule has 0 aliphatic carbocycles. The lowest BCUT2D eigenvalue weighted by Gasteiger charge is -2.41. The van der Waals surface area contributed by atoms with Crippen LogP contribution >= 0.6 is 0 Å². The smallest absolute Gasteiger partial charge is 0.336 e. The Kier molecular flexibility index (Phi) is 7.86. The van der Waals surface area contributed by atoms with Gasteiger partial charge in [-0.2, -0.15) is 0 Å². The van der Waals surface area contributed by atoms with E-state index in [0.717, 1.165) is 13.2 Å². The molecule has 3 rings (SSSR count). The Bertz CT molecular complexity index is 891. The number of aliphatic hydroxyl groups excluding tert-OH is 7. The van der Waals surface area contributed by atoms with E-state index >= 15 is 0 Å². The number of phenolic OH excluding ortho intramolecular Hbond substituents is 1. The summed E-state index contributed by atoms with van der Waals surface area (Å²) in [6.07, 6.45) is -16.0. The maximum atomic E-state index is 12.0. The van der Waals surface area contributed by atoms with Gasteiger partial charge in [-0.05, 0) is 13.0 Å². The average Bonchev–Trinajstić information content (AvgIpc) is 2.80. The lowest BCUT2D eigenvalue weighted by Crippen LogP contribution is -2.58. The van der Waals surface area contributed by atoms with Gasteiger partial charge in [-0.3, -0.25) is 0 Å². The Labute approximate surface area is 192 Å². The summed E-state index contributed by atoms with van der Waals surface area (Å²) in [5.74, 6) is -3.41. The second-order valence-electron chi connectivity index (χ2n) is 8.07. The molecule has 0 aromatic heterocycles. The number of benzene rings is 1. The number of aromatic carboxylic acids is 1. The van der Waals surface area contributed by atoms with Crippen LogP contribution in [0.25, 0.3) is 0 Å². The maximum absolute atomic E-state index is 12.0. The molecule has 10 atom stereocenters. The Morgan fingerprint density at radius 3 is 2.15 bits per heavy atom. The summed E-state index contributed by atoms with van der Waals surface area (Å²) in [5.41, 5.74) is -1.21. The molecule has 0 unspecified atom stereocenters. The van der Waals surface area contributed by atoms with Crippen molar-refractivity contribution < 1.29 is 69.7 Å². The normalized spacial score (nSPS) is 38.4. The summed E-state index contributed by atoms with van der Waals surface area (Å²) in [5, 5.41) is 90.5. The van der Waals surface area contributed by atoms with Crippen molar-refractivity contribution in [2.75, 3.05) is 13.7 Å². The molecule has 2 saturated heterocycles. The molecule has 2 heterocycles. The van der Waals surface area contributed by atoms with Gasteiger partial charge in [-0.25, -0.2) is 4.79 Å². The number of hydrogen-bond acceptors (Lipinski definition) is 13. The highest BCUT2D eigenvalue weighted by atomic mass is 16.7. The number of aliphatic hydroxyl groups is 7. The molecule has 0 radical (unpaired) electrons. The Morgan fingerprint density at radius 2 is 1.59 bits per heavy atom. The summed E-state index contributed by atoms with van der Waals surface area (Å²) in [6.45, 7) is 0.613. The molecular formula is C20H28O14. The van der Waals surface area contributed by atoms with Crippen LogP contribution in [0.3, 0.4) is 0 Å². The number of carboxylic acid groups (broad SMARTS) is 1. The Morgan fingerprint density at radius 1 is 0.971 bits per heavy atom. The van der Waals surface area contributed by atoms with Gasteiger partial charge < -0.3 is 64.9 Å². The predicted octanol–water partition coefficient (Wildman–Crippen LogP) is -3.18. The van der Waals surface area contributed by atoms with Crippen molar-refractivity contribution in [1.82, 2.24) is 0 Å². The number of phenols is 1. The van der Waals surface area contributed by atoms with Crippen LogP contribution in [0, 0.1) is 0 Å². The van der Waals surface area contributed by atoms with Crippen LogP contribution in [0.15, 0.2) is 6.07 Å². The predicted molar refractivity (Wildman–Crippen MR) is 107 cm³/mol. The molecule has 192 valence electrons. The van der Waals surface area contributed by atoms with E-state index in [-0.39, 0.29) is 0 Å². The molecule has 9 N–H and O–H groups in total. The molecule has 2 aliphatic heterocycles. The van der Waals surface area contributed by atoms with Crippen molar-refractivity contribution in [2.24, 2.45) is 0 Å². The average molecular weight is 492 g/mol. The highest BCUT2D eigenvalue weighted by Crippen LogP contribution is 2.48. The second kappa shape index (κ2) is 10.2. The quantitative estimate of drug-likeness (QED) is 0.190. The third-order valence-electron chi connectivity index (χ3n) is 5.92. The molecule has 0 saturated carbocycles. The molecule has 1 aromatic rings. The fourth-order valence-corrected chi connectivity index (χ4v) is 3.97. The van der Waals surface area contributed by atoms with E-state index in [1.165, 1.54) is 6.92 Å². The number of carboxylic acids is 1. The van der Waals surface area contributed by atoms with E-state index < -0.39 is 102 Å². The minimum Gasteiger partial charge on any atom is -0.504 e. The van der Waals surface area contributed by atoms with Gasteiger partial charge in [0.2, 0.25) is 12.0 Å². The zero-order valence-corrected chi connectivity index (χ0v) is 18.1. The summed E-state index contributed by atoms with van der Waals surface area (Å²) in [7, 11) is 1.10. The van der Waals surface area contributed by atoms with Crippen LogP contribution in [0.5, 0.6) is 17.2 Å². The van der Waals surface area contributed by atoms with Gasteiger partial charge in [-0.1, -0.05) is 0 Å². The summed E-state index contributed by atoms with van der Waals surface area (Å²) < 4.78 is 21.3. The van der Waals surface area contributed by atoms with Gasteiger partial charge in [0.25, 0.3) is 0 Å². The Hall–Kier alpha value is -2.27. The first-order chi connectivity index (χ1) is 15.9. The topological polar surface area (TPSA) is 236 Å². The van der Waals surface area contributed by atoms with Crippen molar-refractivity contribution in [1.29, 1.82) is 0 Å². The highest BCUT2D eigenvalue weighted by Gasteiger charge is 2.47. The van der Waals surface area contributed by atoms with E-state index in [1.54, 1.807) is 0 Å². The van der Waals surface area contributed by atoms with Crippen LogP contribution in [0.2, 0.25) is 0 Å². The molecule has 2 aliphatic rings. The minimum atomic E-state index is -1.90. The van der Waals surface area contributed by atoms with Gasteiger partial charge in [-0.15, -0.1) is 0 Å². The fraction of sp³-hybridized carbons (Fsp3) is 0.650. The number of methoxy groups -OCH3 is 1. The molecule has 0 spiro atoms. The van der Waals surface area contributed by atoms with Gasteiger partial charge >= 0.3 is 5.97 Å². The molecule has 14 heteroatoms. The maximum Gasteiger partial charge on any atom is 0.336 e. The Balaban J connectivity index is 2.07. The molecule has 1 aromatic carbocycles. The largest absolute Gasteiger partial charge is 0.504 e. The van der Waals surface area contributed by atoms with E-state index in [9.17, 15) is 50.8 Å². The van der Waals surface area contributed by atoms with Crippen LogP contribution in [-0.4, -0.2) is 121 Å². The number of hydrogen-bond donors (Lipinski definition) is 9. The minimum absolute atomic E-state index is 0.439. The van der Waals surface area contributed by atoms with Crippen molar-refractivity contribution in [3.8, 4) is 17.2 Å². The number of carbonyl (C=O) groups is 1. The van der Waals surface area contributed by atoms with Crippen LogP contribution in [0.1, 0.15) is 28.9 Å². The zero-order chi connectivity index (χ0) is 25.5. The SMILES string of the molecule is COc1c(O[C@H]2O[C@@H](C)[C@H](O)[C@@H](O)[C@H]2O)cc(C(=O)O)c([C@@H]2O[C@H](CO)[C@@H](O)[C@H](O)[C@H]2O)c1O. The van der Waals surface area contributed by atoms with Gasteiger partial charge in [0.1, 0.15) is 48.8 Å². The number of aromatic hydroxyl groups is 1. The van der Waals surface area contributed by atoms with E-state index in [1.807, 2.05) is 0 Å². The lowest BCUT2D eigenvalue weighted by molar-refractivity contribution is -0.268. The third kappa shape index (κ3) is 4.51. The lowest BCUT2D eigenvalue weighted by atomic mass is 9.88. The van der Waals surface area contributed by atoms with Crippen molar-refractivity contribution in [3.05, 3.63) is 17.2 Å². The first kappa shape index (κ1) is 26.3. The van der Waals surface area contributed by atoms with Crippen molar-refractivity contribution >= 4 is 5.97 Å². The van der Waals surface area contributed by atoms with Crippen LogP contribution < -0.4 is 9.47 Å². The summed E-state index contributed by atoms with van der Waals surface area (Å²) >= 11 is 0. The molecule has 2 fully saturated rings. The third-order valence-corrected chi connectivity index (χ3v) is 5.92. The van der Waals surface area contributed by atoms with Crippen molar-refractivity contribution in [2.45, 2.75) is 68.1 Å². The fourth-order valence-electron chi connectivity index (χ4n) is 3.97. The highest BCUT2D eigenvalue weighted by molar-refractivity contribution is 5.92. The zero-order valence-electron chi connectivity index (χ0n) is 18.1. The first-order valence-electron chi connectivity index (χ1n) is 10.3. The molecule has 0 bridgehead atoms. The van der Waals surface area contributed by atoms with Crippen molar-refractivity contribution in [3.63, 3.8) is 0 Å². The van der Waals surface area contributed by atoms with E-state index in [4.69, 9.17) is 18.9 Å². The molecule has 0 amide bonds. The van der Waals surface area contributed by atoms with E-state index in [2.05, 4.69) is 0 Å². The van der Waals surface area contributed by atoms with Gasteiger partial charge in [0.15, 0.2) is 11.5 Å². The number of ether oxygens (including phenoxy) is 4. The van der Waals surface area contributed by atoms with Gasteiger partial charge in [0.05, 0.1) is 25.4 Å². The molecule has 14 nitrogen and oxygen atoms in total. The number of rotatable bonds is 6. The standard InChI is InChI=1S/C20H28O14/c1-5-10(22)13(25)16(28)20(32-5)34-7-3-6(19(29)30)9(12(24)17(7)31-2)18-15(27)14(26)11(23)8(4-21)33-18/h3,5,8,10-11,13-16,18,20-28H,4H2,1-2H3,(H,29,30)/t5-,8+,10-,11+,13+,14-,15+,16+,18-,20+/m0/s1. The monoisotopic (exact) mass is 492 g/mol. The summed E-state index contributed by atoms with van der Waals surface area (Å²) in [6, 6.07) is 0.871. The van der Waals surface area contributed by atoms with Crippen LogP contribution in [0.4, 0.5) is 0 Å². The van der Waals surface area contributed by atoms with E-state index in [0.29, 0.717) is 0 Å². The first-order valence-corrected chi connectivity index (χ1v) is 10.3. The molecular weight excluding hydrogens is 464 g/mol. The second-order valence-corrected chi connectivity index (χ2v) is 8.07. The van der Waals surface area contributed by atoms with Crippen LogP contribution in [-0.2, 0) is 9.47 Å².